The first-order chi connectivity index (χ1) is 11.6. The average Bonchev–Trinajstić information content (AvgIpc) is 2.97. The number of hydrogen-bond acceptors (Lipinski definition) is 5. The van der Waals surface area contributed by atoms with Gasteiger partial charge in [0, 0.05) is 25.1 Å². The van der Waals surface area contributed by atoms with Crippen LogP contribution < -0.4 is 4.74 Å². The number of amides is 1. The molecule has 3 atom stereocenters. The molecule has 1 N–H and O–H groups in total. The number of rotatable bonds is 3. The molecule has 8 heteroatoms. The number of nitrogens with zero attached hydrogens (tertiary/aromatic N) is 1. The van der Waals surface area contributed by atoms with Crippen LogP contribution in [0.5, 0.6) is 5.75 Å². The van der Waals surface area contributed by atoms with E-state index in [-0.39, 0.29) is 23.1 Å². The van der Waals surface area contributed by atoms with Gasteiger partial charge in [0.25, 0.3) is 0 Å². The maximum absolute atomic E-state index is 12.4. The number of fused-ring (bicyclic) bond motifs is 2. The van der Waals surface area contributed by atoms with Crippen molar-refractivity contribution in [3.05, 3.63) is 15.3 Å². The summed E-state index contributed by atoms with van der Waals surface area (Å²) in [6, 6.07) is 1.62. The minimum atomic E-state index is -1.04. The first-order valence-corrected chi connectivity index (χ1v) is 9.50. The van der Waals surface area contributed by atoms with Crippen LogP contribution in [0.1, 0.15) is 49.7 Å². The fourth-order valence-corrected chi connectivity index (χ4v) is 4.57. The minimum absolute atomic E-state index is 0.0704. The third kappa shape index (κ3) is 4.20. The van der Waals surface area contributed by atoms with Crippen LogP contribution in [-0.2, 0) is 4.74 Å². The number of carbonyl (C=O) groups is 2. The highest BCUT2D eigenvalue weighted by Crippen LogP contribution is 2.40. The summed E-state index contributed by atoms with van der Waals surface area (Å²) in [7, 11) is 0. The Morgan fingerprint density at radius 3 is 2.68 bits per heavy atom. The lowest BCUT2D eigenvalue weighted by atomic mass is 9.88. The van der Waals surface area contributed by atoms with Gasteiger partial charge in [0.05, 0.1) is 4.34 Å². The highest BCUT2D eigenvalue weighted by Gasteiger charge is 2.44. The Bertz CT molecular complexity index is 683. The Hall–Kier alpha value is -1.47. The molecule has 1 amide bonds. The summed E-state index contributed by atoms with van der Waals surface area (Å²) >= 11 is 6.93. The van der Waals surface area contributed by atoms with E-state index in [1.807, 2.05) is 20.8 Å². The summed E-state index contributed by atoms with van der Waals surface area (Å²) < 4.78 is 11.8. The lowest BCUT2D eigenvalue weighted by Gasteiger charge is -2.31. The minimum Gasteiger partial charge on any atom is -0.488 e. The Kier molecular flexibility index (Phi) is 4.90. The van der Waals surface area contributed by atoms with Gasteiger partial charge in [0.1, 0.15) is 17.5 Å². The highest BCUT2D eigenvalue weighted by molar-refractivity contribution is 7.18. The van der Waals surface area contributed by atoms with Gasteiger partial charge in [-0.2, -0.15) is 0 Å². The second-order valence-electron chi connectivity index (χ2n) is 7.65. The molecule has 1 aliphatic heterocycles. The zero-order valence-corrected chi connectivity index (χ0v) is 16.0. The molecule has 2 fully saturated rings. The van der Waals surface area contributed by atoms with Crippen molar-refractivity contribution in [2.75, 3.05) is 6.54 Å². The number of ether oxygens (including phenoxy) is 2. The summed E-state index contributed by atoms with van der Waals surface area (Å²) in [5.41, 5.74) is -0.520. The van der Waals surface area contributed by atoms with Crippen molar-refractivity contribution in [3.8, 4) is 5.75 Å². The molecular formula is C17H22ClNO5S. The molecule has 0 radical (unpaired) electrons. The fourth-order valence-electron chi connectivity index (χ4n) is 3.58. The van der Waals surface area contributed by atoms with Crippen LogP contribution in [0.2, 0.25) is 4.34 Å². The molecule has 0 aromatic carbocycles. The number of thiophene rings is 1. The van der Waals surface area contributed by atoms with Crippen molar-refractivity contribution in [2.24, 2.45) is 5.92 Å². The second kappa shape index (κ2) is 6.68. The van der Waals surface area contributed by atoms with E-state index >= 15 is 0 Å². The maximum Gasteiger partial charge on any atom is 0.410 e. The number of hydrogen-bond donors (Lipinski definition) is 1. The zero-order valence-electron chi connectivity index (χ0n) is 14.5. The Balaban J connectivity index is 1.67. The van der Waals surface area contributed by atoms with Gasteiger partial charge in [0.15, 0.2) is 4.88 Å². The quantitative estimate of drug-likeness (QED) is 0.838. The smallest absolute Gasteiger partial charge is 0.410 e. The van der Waals surface area contributed by atoms with E-state index in [2.05, 4.69) is 0 Å². The molecular weight excluding hydrogens is 366 g/mol. The van der Waals surface area contributed by atoms with Gasteiger partial charge >= 0.3 is 12.1 Å². The topological polar surface area (TPSA) is 76.1 Å². The van der Waals surface area contributed by atoms with Crippen molar-refractivity contribution >= 4 is 35.0 Å². The van der Waals surface area contributed by atoms with Crippen molar-refractivity contribution < 1.29 is 24.2 Å². The van der Waals surface area contributed by atoms with Gasteiger partial charge in [0.2, 0.25) is 0 Å². The molecule has 25 heavy (non-hydrogen) atoms. The molecule has 1 aliphatic carbocycles. The van der Waals surface area contributed by atoms with Crippen molar-refractivity contribution in [2.45, 2.75) is 57.8 Å². The molecule has 6 nitrogen and oxygen atoms in total. The molecule has 2 aliphatic rings. The van der Waals surface area contributed by atoms with E-state index in [0.29, 0.717) is 29.0 Å². The third-order valence-electron chi connectivity index (χ3n) is 4.42. The molecule has 2 bridgehead atoms. The summed E-state index contributed by atoms with van der Waals surface area (Å²) in [5, 5.41) is 9.25. The lowest BCUT2D eigenvalue weighted by Crippen LogP contribution is -2.41. The Morgan fingerprint density at radius 2 is 2.04 bits per heavy atom. The van der Waals surface area contributed by atoms with Crippen LogP contribution >= 0.6 is 22.9 Å². The molecule has 138 valence electrons. The van der Waals surface area contributed by atoms with Crippen molar-refractivity contribution in [1.82, 2.24) is 4.90 Å². The van der Waals surface area contributed by atoms with Crippen LogP contribution in [0.3, 0.4) is 0 Å². The van der Waals surface area contributed by atoms with Crippen LogP contribution in [-0.4, -0.2) is 46.4 Å². The summed E-state index contributed by atoms with van der Waals surface area (Å²) in [6.45, 7) is 6.22. The van der Waals surface area contributed by atoms with E-state index in [4.69, 9.17) is 21.1 Å². The van der Waals surface area contributed by atoms with E-state index in [1.54, 1.807) is 11.0 Å². The van der Waals surface area contributed by atoms with Crippen molar-refractivity contribution in [3.63, 3.8) is 0 Å². The Labute approximate surface area is 155 Å². The molecule has 1 saturated heterocycles. The van der Waals surface area contributed by atoms with Gasteiger partial charge in [-0.1, -0.05) is 11.6 Å². The summed E-state index contributed by atoms with van der Waals surface area (Å²) in [5.74, 6) is -0.377. The predicted octanol–water partition coefficient (Wildman–Crippen LogP) is 4.27. The largest absolute Gasteiger partial charge is 0.488 e. The van der Waals surface area contributed by atoms with Crippen LogP contribution in [0.25, 0.3) is 0 Å². The number of aromatic carboxylic acids is 1. The van der Waals surface area contributed by atoms with Crippen LogP contribution in [0.4, 0.5) is 4.79 Å². The number of carbonyl (C=O) groups excluding carboxylic acids is 1. The predicted molar refractivity (Wildman–Crippen MR) is 94.8 cm³/mol. The fraction of sp³-hybridized carbons (Fsp3) is 0.647. The molecule has 3 unspecified atom stereocenters. The standard InChI is InChI=1S/C17H22ClNO5S/c1-17(2,3)24-16(22)19-8-9-4-10(19)6-11(5-9)23-12-7-13(18)25-14(12)15(20)21/h7,9-11H,4-6,8H2,1-3H3,(H,20,21). The molecule has 1 aromatic heterocycles. The van der Waals surface area contributed by atoms with Gasteiger partial charge in [-0.3, -0.25) is 0 Å². The number of halogens is 1. The lowest BCUT2D eigenvalue weighted by molar-refractivity contribution is 0.0202. The normalized spacial score (nSPS) is 25.8. The second-order valence-corrected chi connectivity index (χ2v) is 9.33. The highest BCUT2D eigenvalue weighted by atomic mass is 35.5. The maximum atomic E-state index is 12.4. The van der Waals surface area contributed by atoms with Gasteiger partial charge in [-0.15, -0.1) is 11.3 Å². The molecule has 1 saturated carbocycles. The average molecular weight is 388 g/mol. The van der Waals surface area contributed by atoms with Crippen molar-refractivity contribution in [1.29, 1.82) is 0 Å². The van der Waals surface area contributed by atoms with Gasteiger partial charge < -0.3 is 19.5 Å². The number of likely N-dealkylation sites (tertiary alicyclic amines) is 1. The first-order valence-electron chi connectivity index (χ1n) is 8.31. The van der Waals surface area contributed by atoms with E-state index in [0.717, 1.165) is 24.2 Å². The summed E-state index contributed by atoms with van der Waals surface area (Å²) in [6.07, 6.45) is 1.99. The van der Waals surface area contributed by atoms with Gasteiger partial charge in [-0.25, -0.2) is 9.59 Å². The van der Waals surface area contributed by atoms with Gasteiger partial charge in [-0.05, 0) is 39.5 Å². The number of carboxylic acid groups (broad SMARTS) is 1. The zero-order chi connectivity index (χ0) is 18.4. The molecule has 2 heterocycles. The summed E-state index contributed by atoms with van der Waals surface area (Å²) in [4.78, 5) is 25.6. The third-order valence-corrected chi connectivity index (χ3v) is 5.65. The molecule has 1 aromatic rings. The first kappa shape index (κ1) is 18.3. The monoisotopic (exact) mass is 387 g/mol. The molecule has 3 rings (SSSR count). The SMILES string of the molecule is CC(C)(C)OC(=O)N1CC2CC(Oc3cc(Cl)sc3C(=O)O)CC1C2. The van der Waals surface area contributed by atoms with Crippen LogP contribution in [0, 0.1) is 5.92 Å². The van der Waals surface area contributed by atoms with Crippen LogP contribution in [0.15, 0.2) is 6.07 Å². The van der Waals surface area contributed by atoms with E-state index in [1.165, 1.54) is 0 Å². The molecule has 0 spiro atoms. The number of carboxylic acids is 1. The Morgan fingerprint density at radius 1 is 1.32 bits per heavy atom. The van der Waals surface area contributed by atoms with E-state index in [9.17, 15) is 14.7 Å². The van der Waals surface area contributed by atoms with E-state index < -0.39 is 11.6 Å².